The number of nitrogens with zero attached hydrogens (tertiary/aromatic N) is 1. The van der Waals surface area contributed by atoms with Crippen LogP contribution in [0.2, 0.25) is 10.0 Å². The van der Waals surface area contributed by atoms with Crippen LogP contribution in [-0.4, -0.2) is 9.97 Å². The average Bonchev–Trinajstić information content (AvgIpc) is 2.84. The highest BCUT2D eigenvalue weighted by Gasteiger charge is 2.12. The van der Waals surface area contributed by atoms with Gasteiger partial charge < -0.3 is 4.98 Å². The number of nitrogens with one attached hydrogen (secondary N) is 1. The third-order valence-electron chi connectivity index (χ3n) is 2.92. The Morgan fingerprint density at radius 3 is 2.67 bits per heavy atom. The fraction of sp³-hybridized carbons (Fsp3) is 0.0714. The molecule has 90 valence electrons. The van der Waals surface area contributed by atoms with E-state index in [4.69, 9.17) is 23.2 Å². The number of aromatic nitrogens is 2. The molecule has 1 aromatic heterocycles. The molecule has 4 heteroatoms. The molecule has 18 heavy (non-hydrogen) atoms. The maximum atomic E-state index is 6.37. The van der Waals surface area contributed by atoms with Crippen LogP contribution < -0.4 is 0 Å². The van der Waals surface area contributed by atoms with E-state index in [9.17, 15) is 0 Å². The Bertz CT molecular complexity index is 690. The molecule has 0 bridgehead atoms. The monoisotopic (exact) mass is 276 g/mol. The van der Waals surface area contributed by atoms with E-state index in [2.05, 4.69) is 22.1 Å². The van der Waals surface area contributed by atoms with Gasteiger partial charge in [0.2, 0.25) is 0 Å². The number of H-pyrrole nitrogens is 1. The zero-order valence-electron chi connectivity index (χ0n) is 9.45. The molecule has 1 N–H and O–H groups in total. The molecule has 1 heterocycles. The molecule has 0 saturated carbocycles. The van der Waals surface area contributed by atoms with Crippen molar-refractivity contribution in [2.45, 2.75) is 6.42 Å². The van der Waals surface area contributed by atoms with Crippen molar-refractivity contribution in [2.75, 3.05) is 0 Å². The van der Waals surface area contributed by atoms with Crippen molar-refractivity contribution in [3.05, 3.63) is 63.9 Å². The second-order valence-electron chi connectivity index (χ2n) is 4.11. The van der Waals surface area contributed by atoms with Gasteiger partial charge >= 0.3 is 0 Å². The maximum absolute atomic E-state index is 6.37. The van der Waals surface area contributed by atoms with E-state index >= 15 is 0 Å². The van der Waals surface area contributed by atoms with Gasteiger partial charge in [0.15, 0.2) is 0 Å². The van der Waals surface area contributed by atoms with Gasteiger partial charge in [0.25, 0.3) is 0 Å². The zero-order valence-corrected chi connectivity index (χ0v) is 11.0. The van der Waals surface area contributed by atoms with Crippen molar-refractivity contribution in [2.24, 2.45) is 0 Å². The van der Waals surface area contributed by atoms with Crippen molar-refractivity contribution in [3.63, 3.8) is 0 Å². The minimum absolute atomic E-state index is 0.627. The van der Waals surface area contributed by atoms with E-state index in [1.54, 1.807) is 6.33 Å². The van der Waals surface area contributed by atoms with Crippen LogP contribution in [0, 0.1) is 0 Å². The molecule has 0 radical (unpaired) electrons. The minimum atomic E-state index is 0.627. The predicted octanol–water partition coefficient (Wildman–Crippen LogP) is 4.46. The van der Waals surface area contributed by atoms with Gasteiger partial charge in [-0.25, -0.2) is 4.98 Å². The molecule has 0 aliphatic heterocycles. The number of hydrogen-bond acceptors (Lipinski definition) is 1. The fourth-order valence-corrected chi connectivity index (χ4v) is 2.65. The van der Waals surface area contributed by atoms with Gasteiger partial charge in [-0.1, -0.05) is 53.5 Å². The predicted molar refractivity (Wildman–Crippen MR) is 75.4 cm³/mol. The second kappa shape index (κ2) is 4.63. The Hall–Kier alpha value is -1.51. The van der Waals surface area contributed by atoms with Gasteiger partial charge in [0, 0.05) is 11.4 Å². The molecular weight excluding hydrogens is 267 g/mol. The van der Waals surface area contributed by atoms with Crippen molar-refractivity contribution >= 4 is 34.2 Å². The van der Waals surface area contributed by atoms with Crippen molar-refractivity contribution in [1.29, 1.82) is 0 Å². The standard InChI is InChI=1S/C14H10Cl2N2/c15-11-7-12-14(18-8-17-12)13(16)10(11)6-9-4-2-1-3-5-9/h1-5,7-8H,6H2,(H,17,18). The summed E-state index contributed by atoms with van der Waals surface area (Å²) in [5.41, 5.74) is 3.73. The van der Waals surface area contributed by atoms with Crippen LogP contribution in [0.25, 0.3) is 11.0 Å². The third-order valence-corrected chi connectivity index (χ3v) is 3.67. The lowest BCUT2D eigenvalue weighted by Crippen LogP contribution is -1.92. The lowest BCUT2D eigenvalue weighted by atomic mass is 10.0. The van der Waals surface area contributed by atoms with E-state index in [-0.39, 0.29) is 0 Å². The quantitative estimate of drug-likeness (QED) is 0.736. The molecular formula is C14H10Cl2N2. The molecule has 0 unspecified atom stereocenters. The Balaban J connectivity index is 2.11. The molecule has 0 atom stereocenters. The molecule has 2 nitrogen and oxygen atoms in total. The van der Waals surface area contributed by atoms with E-state index in [1.807, 2.05) is 24.3 Å². The summed E-state index contributed by atoms with van der Waals surface area (Å²) in [6.07, 6.45) is 2.33. The highest BCUT2D eigenvalue weighted by atomic mass is 35.5. The van der Waals surface area contributed by atoms with Gasteiger partial charge in [0.1, 0.15) is 5.52 Å². The van der Waals surface area contributed by atoms with Crippen LogP contribution in [-0.2, 0) is 6.42 Å². The number of fused-ring (bicyclic) bond motifs is 1. The number of hydrogen-bond donors (Lipinski definition) is 1. The van der Waals surface area contributed by atoms with Crippen molar-refractivity contribution in [1.82, 2.24) is 9.97 Å². The Labute approximate surface area is 115 Å². The highest BCUT2D eigenvalue weighted by molar-refractivity contribution is 6.39. The molecule has 3 rings (SSSR count). The molecule has 0 aliphatic rings. The van der Waals surface area contributed by atoms with Crippen LogP contribution in [0.3, 0.4) is 0 Å². The number of benzene rings is 2. The summed E-state index contributed by atoms with van der Waals surface area (Å²) in [6.45, 7) is 0. The molecule has 0 aliphatic carbocycles. The average molecular weight is 277 g/mol. The van der Waals surface area contributed by atoms with Gasteiger partial charge in [-0.2, -0.15) is 0 Å². The minimum Gasteiger partial charge on any atom is -0.345 e. The fourth-order valence-electron chi connectivity index (χ4n) is 2.01. The van der Waals surface area contributed by atoms with Crippen LogP contribution >= 0.6 is 23.2 Å². The van der Waals surface area contributed by atoms with Crippen molar-refractivity contribution < 1.29 is 0 Å². The first-order chi connectivity index (χ1) is 8.75. The molecule has 0 saturated heterocycles. The first kappa shape index (κ1) is 11.6. The van der Waals surface area contributed by atoms with Crippen LogP contribution in [0.1, 0.15) is 11.1 Å². The van der Waals surface area contributed by atoms with Gasteiger partial charge in [-0.15, -0.1) is 0 Å². The van der Waals surface area contributed by atoms with Gasteiger partial charge in [-0.3, -0.25) is 0 Å². The smallest absolute Gasteiger partial charge is 0.107 e. The molecule has 0 amide bonds. The summed E-state index contributed by atoms with van der Waals surface area (Å²) in [6, 6.07) is 12.0. The van der Waals surface area contributed by atoms with Crippen LogP contribution in [0.4, 0.5) is 0 Å². The van der Waals surface area contributed by atoms with E-state index in [0.717, 1.165) is 16.6 Å². The Morgan fingerprint density at radius 1 is 1.11 bits per heavy atom. The number of imidazole rings is 1. The topological polar surface area (TPSA) is 28.7 Å². The first-order valence-corrected chi connectivity index (χ1v) is 6.35. The summed E-state index contributed by atoms with van der Waals surface area (Å²) >= 11 is 12.7. The normalized spacial score (nSPS) is 11.0. The maximum Gasteiger partial charge on any atom is 0.107 e. The SMILES string of the molecule is Clc1cc2[nH]cnc2c(Cl)c1Cc1ccccc1. The first-order valence-electron chi connectivity index (χ1n) is 5.59. The third kappa shape index (κ3) is 1.98. The number of rotatable bonds is 2. The van der Waals surface area contributed by atoms with Crippen LogP contribution in [0.5, 0.6) is 0 Å². The van der Waals surface area contributed by atoms with E-state index in [1.165, 1.54) is 5.56 Å². The van der Waals surface area contributed by atoms with Crippen LogP contribution in [0.15, 0.2) is 42.7 Å². The second-order valence-corrected chi connectivity index (χ2v) is 4.90. The largest absolute Gasteiger partial charge is 0.345 e. The van der Waals surface area contributed by atoms with Gasteiger partial charge in [0.05, 0.1) is 16.9 Å². The summed E-state index contributed by atoms with van der Waals surface area (Å²) in [4.78, 5) is 7.23. The summed E-state index contributed by atoms with van der Waals surface area (Å²) in [7, 11) is 0. The van der Waals surface area contributed by atoms with E-state index < -0.39 is 0 Å². The number of aromatic amines is 1. The summed E-state index contributed by atoms with van der Waals surface area (Å²) < 4.78 is 0. The number of halogens is 2. The zero-order chi connectivity index (χ0) is 12.5. The molecule has 0 fully saturated rings. The van der Waals surface area contributed by atoms with Gasteiger partial charge in [-0.05, 0) is 17.2 Å². The van der Waals surface area contributed by atoms with Crippen molar-refractivity contribution in [3.8, 4) is 0 Å². The summed E-state index contributed by atoms with van der Waals surface area (Å²) in [5.74, 6) is 0. The highest BCUT2D eigenvalue weighted by Crippen LogP contribution is 2.32. The summed E-state index contributed by atoms with van der Waals surface area (Å²) in [5, 5.41) is 1.29. The lowest BCUT2D eigenvalue weighted by molar-refractivity contribution is 1.20. The molecule has 0 spiro atoms. The van der Waals surface area contributed by atoms with E-state index in [0.29, 0.717) is 16.5 Å². The molecule has 3 aromatic rings. The Kier molecular flexibility index (Phi) is 2.98. The lowest BCUT2D eigenvalue weighted by Gasteiger charge is -2.08. The Morgan fingerprint density at radius 2 is 1.89 bits per heavy atom. The molecule has 2 aromatic carbocycles.